The average Bonchev–Trinajstić information content (AvgIpc) is 2.84. The average molecular weight is 483 g/mol. The van der Waals surface area contributed by atoms with E-state index >= 15 is 0 Å². The van der Waals surface area contributed by atoms with Crippen LogP contribution in [0.3, 0.4) is 0 Å². The number of urea groups is 1. The highest BCUT2D eigenvalue weighted by atomic mass is 19.1. The maximum Gasteiger partial charge on any atom is 0.315 e. The van der Waals surface area contributed by atoms with Crippen molar-refractivity contribution < 1.29 is 18.8 Å². The number of piperidine rings is 1. The number of anilines is 1. The summed E-state index contributed by atoms with van der Waals surface area (Å²) in [5, 5.41) is 8.30. The Bertz CT molecular complexity index is 1040. The van der Waals surface area contributed by atoms with Gasteiger partial charge < -0.3 is 20.9 Å². The Morgan fingerprint density at radius 2 is 1.86 bits per heavy atom. The van der Waals surface area contributed by atoms with E-state index in [1.165, 1.54) is 12.1 Å². The monoisotopic (exact) mass is 482 g/mol. The van der Waals surface area contributed by atoms with Crippen molar-refractivity contribution in [3.05, 3.63) is 65.0 Å². The fourth-order valence-electron chi connectivity index (χ4n) is 4.27. The van der Waals surface area contributed by atoms with Gasteiger partial charge in [0.05, 0.1) is 0 Å². The fraction of sp³-hybridized carbons (Fsp3) is 0.444. The number of benzene rings is 2. The smallest absolute Gasteiger partial charge is 0.315 e. The first-order chi connectivity index (χ1) is 16.8. The molecule has 0 bridgehead atoms. The Hall–Kier alpha value is -3.42. The van der Waals surface area contributed by atoms with Crippen molar-refractivity contribution in [2.45, 2.75) is 71.5 Å². The van der Waals surface area contributed by atoms with Crippen molar-refractivity contribution in [3.8, 4) is 0 Å². The molecule has 2 atom stereocenters. The molecule has 2 aromatic carbocycles. The Morgan fingerprint density at radius 1 is 1.11 bits per heavy atom. The Morgan fingerprint density at radius 3 is 2.51 bits per heavy atom. The van der Waals surface area contributed by atoms with Crippen LogP contribution in [0.5, 0.6) is 0 Å². The minimum atomic E-state index is -0.719. The van der Waals surface area contributed by atoms with Crippen LogP contribution < -0.4 is 16.0 Å². The maximum absolute atomic E-state index is 13.0. The van der Waals surface area contributed by atoms with Gasteiger partial charge in [0.15, 0.2) is 0 Å². The van der Waals surface area contributed by atoms with Crippen molar-refractivity contribution in [2.24, 2.45) is 0 Å². The Labute approximate surface area is 206 Å². The molecular formula is C27H35FN4O3. The van der Waals surface area contributed by atoms with Gasteiger partial charge in [0.2, 0.25) is 5.91 Å². The van der Waals surface area contributed by atoms with Crippen LogP contribution in [0.15, 0.2) is 42.5 Å². The van der Waals surface area contributed by atoms with Gasteiger partial charge in [-0.25, -0.2) is 9.18 Å². The molecule has 7 nitrogen and oxygen atoms in total. The molecule has 35 heavy (non-hydrogen) atoms. The molecule has 1 heterocycles. The SMILES string of the molecule is CCCC(NC(=O)NCc1ccc(F)cc1)C(=O)Nc1ccc(C(=O)N2CCCCC2C)cc1C. The largest absolute Gasteiger partial charge is 0.336 e. The third-order valence-electron chi connectivity index (χ3n) is 6.36. The lowest BCUT2D eigenvalue weighted by Crippen LogP contribution is -2.47. The topological polar surface area (TPSA) is 90.5 Å². The van der Waals surface area contributed by atoms with Crippen molar-refractivity contribution >= 4 is 23.5 Å². The number of carbonyl (C=O) groups is 3. The van der Waals surface area contributed by atoms with Gasteiger partial charge in [0, 0.05) is 30.4 Å². The van der Waals surface area contributed by atoms with Crippen LogP contribution >= 0.6 is 0 Å². The number of hydrogen-bond acceptors (Lipinski definition) is 3. The summed E-state index contributed by atoms with van der Waals surface area (Å²) in [7, 11) is 0. The molecule has 8 heteroatoms. The summed E-state index contributed by atoms with van der Waals surface area (Å²) in [5.41, 5.74) is 2.75. The highest BCUT2D eigenvalue weighted by Crippen LogP contribution is 2.22. The standard InChI is InChI=1S/C27H35FN4O3/c1-4-7-24(31-27(35)29-17-20-9-12-22(28)13-10-20)25(33)30-23-14-11-21(16-18(23)2)26(34)32-15-6-5-8-19(32)3/h9-14,16,19,24H,4-8,15,17H2,1-3H3,(H,30,33)(H2,29,31,35). The van der Waals surface area contributed by atoms with E-state index in [-0.39, 0.29) is 30.2 Å². The number of amides is 4. The van der Waals surface area contributed by atoms with Gasteiger partial charge in [0.25, 0.3) is 5.91 Å². The normalized spacial score (nSPS) is 16.3. The summed E-state index contributed by atoms with van der Waals surface area (Å²) in [6, 6.07) is 10.2. The van der Waals surface area contributed by atoms with E-state index < -0.39 is 12.1 Å². The molecule has 3 N–H and O–H groups in total. The minimum absolute atomic E-state index is 0.0153. The predicted octanol–water partition coefficient (Wildman–Crippen LogP) is 4.76. The van der Waals surface area contributed by atoms with Gasteiger partial charge in [-0.05, 0) is 81.0 Å². The molecule has 0 saturated carbocycles. The van der Waals surface area contributed by atoms with E-state index in [0.29, 0.717) is 24.1 Å². The van der Waals surface area contributed by atoms with E-state index in [2.05, 4.69) is 22.9 Å². The molecule has 2 aromatic rings. The van der Waals surface area contributed by atoms with Gasteiger partial charge in [0.1, 0.15) is 11.9 Å². The van der Waals surface area contributed by atoms with Gasteiger partial charge in [-0.2, -0.15) is 0 Å². The van der Waals surface area contributed by atoms with Crippen molar-refractivity contribution in [3.63, 3.8) is 0 Å². The lowest BCUT2D eigenvalue weighted by molar-refractivity contribution is -0.118. The zero-order chi connectivity index (χ0) is 25.4. The van der Waals surface area contributed by atoms with E-state index in [9.17, 15) is 18.8 Å². The summed E-state index contributed by atoms with van der Waals surface area (Å²) >= 11 is 0. The molecule has 1 aliphatic rings. The highest BCUT2D eigenvalue weighted by Gasteiger charge is 2.25. The summed E-state index contributed by atoms with van der Waals surface area (Å²) in [6.07, 6.45) is 4.36. The number of aryl methyl sites for hydroxylation is 1. The highest BCUT2D eigenvalue weighted by molar-refractivity contribution is 5.99. The number of likely N-dealkylation sites (tertiary alicyclic amines) is 1. The fourth-order valence-corrected chi connectivity index (χ4v) is 4.27. The first-order valence-electron chi connectivity index (χ1n) is 12.3. The molecule has 3 rings (SSSR count). The van der Waals surface area contributed by atoms with Gasteiger partial charge in [-0.15, -0.1) is 0 Å². The number of nitrogens with one attached hydrogen (secondary N) is 3. The summed E-state index contributed by atoms with van der Waals surface area (Å²) in [4.78, 5) is 40.2. The van der Waals surface area contributed by atoms with E-state index in [0.717, 1.165) is 36.9 Å². The van der Waals surface area contributed by atoms with Crippen LogP contribution in [0.4, 0.5) is 14.9 Å². The lowest BCUT2D eigenvalue weighted by Gasteiger charge is -2.33. The van der Waals surface area contributed by atoms with Crippen LogP contribution in [-0.4, -0.2) is 41.4 Å². The predicted molar refractivity (Wildman–Crippen MR) is 135 cm³/mol. The molecule has 0 aliphatic carbocycles. The summed E-state index contributed by atoms with van der Waals surface area (Å²) in [5.74, 6) is -0.649. The maximum atomic E-state index is 13.0. The first-order valence-corrected chi connectivity index (χ1v) is 12.3. The summed E-state index contributed by atoms with van der Waals surface area (Å²) in [6.45, 7) is 6.85. The second-order valence-electron chi connectivity index (χ2n) is 9.16. The van der Waals surface area contributed by atoms with Crippen LogP contribution in [0.25, 0.3) is 0 Å². The summed E-state index contributed by atoms with van der Waals surface area (Å²) < 4.78 is 13.0. The number of hydrogen-bond donors (Lipinski definition) is 3. The first kappa shape index (κ1) is 26.2. The van der Waals surface area contributed by atoms with Crippen LogP contribution in [0, 0.1) is 12.7 Å². The second kappa shape index (κ2) is 12.3. The molecule has 1 fully saturated rings. The number of nitrogens with zero attached hydrogens (tertiary/aromatic N) is 1. The van der Waals surface area contributed by atoms with Crippen molar-refractivity contribution in [2.75, 3.05) is 11.9 Å². The third kappa shape index (κ3) is 7.28. The molecule has 2 unspecified atom stereocenters. The molecule has 1 aliphatic heterocycles. The zero-order valence-electron chi connectivity index (χ0n) is 20.7. The lowest BCUT2D eigenvalue weighted by atomic mass is 10.0. The molecule has 188 valence electrons. The number of halogens is 1. The molecule has 4 amide bonds. The van der Waals surface area contributed by atoms with Crippen LogP contribution in [0.2, 0.25) is 0 Å². The van der Waals surface area contributed by atoms with Gasteiger partial charge in [-0.1, -0.05) is 25.5 Å². The van der Waals surface area contributed by atoms with Crippen LogP contribution in [0.1, 0.15) is 67.4 Å². The van der Waals surface area contributed by atoms with E-state index in [4.69, 9.17) is 0 Å². The molecular weight excluding hydrogens is 447 g/mol. The second-order valence-corrected chi connectivity index (χ2v) is 9.16. The Kier molecular flexibility index (Phi) is 9.23. The Balaban J connectivity index is 1.59. The number of rotatable bonds is 8. The van der Waals surface area contributed by atoms with Gasteiger partial charge in [-0.3, -0.25) is 9.59 Å². The van der Waals surface area contributed by atoms with E-state index in [1.807, 2.05) is 18.7 Å². The third-order valence-corrected chi connectivity index (χ3v) is 6.36. The molecule has 0 aromatic heterocycles. The minimum Gasteiger partial charge on any atom is -0.336 e. The van der Waals surface area contributed by atoms with Crippen molar-refractivity contribution in [1.82, 2.24) is 15.5 Å². The molecule has 0 spiro atoms. The molecule has 1 saturated heterocycles. The van der Waals surface area contributed by atoms with Crippen molar-refractivity contribution in [1.29, 1.82) is 0 Å². The zero-order valence-corrected chi connectivity index (χ0v) is 20.7. The van der Waals surface area contributed by atoms with Crippen LogP contribution in [-0.2, 0) is 11.3 Å². The van der Waals surface area contributed by atoms with E-state index in [1.54, 1.807) is 30.3 Å². The molecule has 0 radical (unpaired) electrons. The quantitative estimate of drug-likeness (QED) is 0.507. The number of carbonyl (C=O) groups excluding carboxylic acids is 3. The van der Waals surface area contributed by atoms with Gasteiger partial charge >= 0.3 is 6.03 Å².